The van der Waals surface area contributed by atoms with Crippen molar-refractivity contribution in [2.24, 2.45) is 0 Å². The molecule has 2 rings (SSSR count). The molecule has 2 aromatic rings. The number of aromatic nitrogens is 1. The van der Waals surface area contributed by atoms with E-state index < -0.39 is 0 Å². The molecule has 0 fully saturated rings. The lowest BCUT2D eigenvalue weighted by molar-refractivity contribution is 0.304. The SMILES string of the molecule is Clc1ccc(OCc2ccc(Cl)nc2Cl)c(Br)c1. The van der Waals surface area contributed by atoms with Crippen molar-refractivity contribution in [3.05, 3.63) is 55.7 Å². The van der Waals surface area contributed by atoms with Gasteiger partial charge in [-0.15, -0.1) is 0 Å². The first-order valence-corrected chi connectivity index (χ1v) is 6.88. The van der Waals surface area contributed by atoms with Crippen molar-refractivity contribution in [1.29, 1.82) is 0 Å². The molecule has 18 heavy (non-hydrogen) atoms. The Morgan fingerprint density at radius 3 is 2.56 bits per heavy atom. The number of ether oxygens (including phenoxy) is 1. The predicted octanol–water partition coefficient (Wildman–Crippen LogP) is 5.38. The van der Waals surface area contributed by atoms with Crippen LogP contribution in [-0.2, 0) is 6.61 Å². The molecule has 0 amide bonds. The fourth-order valence-corrected chi connectivity index (χ4v) is 2.49. The van der Waals surface area contributed by atoms with Crippen LogP contribution in [0.3, 0.4) is 0 Å². The van der Waals surface area contributed by atoms with Gasteiger partial charge >= 0.3 is 0 Å². The quantitative estimate of drug-likeness (QED) is 0.679. The molecular weight excluding hydrogens is 360 g/mol. The fraction of sp³-hybridized carbons (Fsp3) is 0.0833. The smallest absolute Gasteiger partial charge is 0.137 e. The van der Waals surface area contributed by atoms with Crippen LogP contribution in [0.25, 0.3) is 0 Å². The van der Waals surface area contributed by atoms with Gasteiger partial charge in [-0.1, -0.05) is 34.8 Å². The van der Waals surface area contributed by atoms with Gasteiger partial charge in [0.25, 0.3) is 0 Å². The Bertz CT molecular complexity index is 526. The van der Waals surface area contributed by atoms with Crippen LogP contribution < -0.4 is 4.74 Å². The van der Waals surface area contributed by atoms with E-state index in [0.717, 1.165) is 10.0 Å². The number of hydrogen-bond donors (Lipinski definition) is 0. The zero-order valence-corrected chi connectivity index (χ0v) is 12.8. The minimum atomic E-state index is 0.309. The van der Waals surface area contributed by atoms with Crippen LogP contribution in [-0.4, -0.2) is 4.98 Å². The van der Waals surface area contributed by atoms with Gasteiger partial charge in [0.2, 0.25) is 0 Å². The van der Waals surface area contributed by atoms with Crippen molar-refractivity contribution in [3.8, 4) is 5.75 Å². The van der Waals surface area contributed by atoms with E-state index in [1.807, 2.05) is 0 Å². The first kappa shape index (κ1) is 13.9. The molecule has 0 aliphatic carbocycles. The summed E-state index contributed by atoms with van der Waals surface area (Å²) in [5.74, 6) is 0.686. The van der Waals surface area contributed by atoms with Gasteiger partial charge < -0.3 is 4.74 Å². The Balaban J connectivity index is 2.11. The second kappa shape index (κ2) is 6.11. The number of rotatable bonds is 3. The van der Waals surface area contributed by atoms with E-state index in [9.17, 15) is 0 Å². The van der Waals surface area contributed by atoms with Gasteiger partial charge in [0.15, 0.2) is 0 Å². The van der Waals surface area contributed by atoms with E-state index in [4.69, 9.17) is 39.5 Å². The lowest BCUT2D eigenvalue weighted by atomic mass is 10.3. The minimum Gasteiger partial charge on any atom is -0.488 e. The molecule has 0 aliphatic heterocycles. The molecule has 0 spiro atoms. The van der Waals surface area contributed by atoms with Crippen molar-refractivity contribution in [3.63, 3.8) is 0 Å². The van der Waals surface area contributed by atoms with Crippen LogP contribution in [0.2, 0.25) is 15.3 Å². The minimum absolute atomic E-state index is 0.309. The van der Waals surface area contributed by atoms with Gasteiger partial charge in [0.05, 0.1) is 4.47 Å². The molecule has 0 bridgehead atoms. The van der Waals surface area contributed by atoms with E-state index in [0.29, 0.717) is 27.7 Å². The van der Waals surface area contributed by atoms with Crippen molar-refractivity contribution in [2.45, 2.75) is 6.61 Å². The maximum absolute atomic E-state index is 5.95. The summed E-state index contributed by atoms with van der Waals surface area (Å²) >= 11 is 20.9. The summed E-state index contributed by atoms with van der Waals surface area (Å²) in [7, 11) is 0. The van der Waals surface area contributed by atoms with E-state index in [1.54, 1.807) is 30.3 Å². The summed E-state index contributed by atoms with van der Waals surface area (Å²) in [5, 5.41) is 1.34. The summed E-state index contributed by atoms with van der Waals surface area (Å²) < 4.78 is 6.41. The molecule has 0 atom stereocenters. The zero-order valence-electron chi connectivity index (χ0n) is 8.96. The largest absolute Gasteiger partial charge is 0.488 e. The molecule has 0 saturated heterocycles. The summed E-state index contributed by atoms with van der Waals surface area (Å²) in [5.41, 5.74) is 0.767. The van der Waals surface area contributed by atoms with E-state index in [-0.39, 0.29) is 0 Å². The molecule has 0 unspecified atom stereocenters. The Kier molecular flexibility index (Phi) is 4.73. The number of halogens is 4. The molecule has 1 aromatic heterocycles. The number of nitrogens with zero attached hydrogens (tertiary/aromatic N) is 1. The van der Waals surface area contributed by atoms with Gasteiger partial charge in [-0.3, -0.25) is 0 Å². The highest BCUT2D eigenvalue weighted by molar-refractivity contribution is 9.10. The molecule has 0 saturated carbocycles. The van der Waals surface area contributed by atoms with E-state index in [2.05, 4.69) is 20.9 Å². The summed E-state index contributed by atoms with van der Waals surface area (Å²) in [6.45, 7) is 0.309. The number of hydrogen-bond acceptors (Lipinski definition) is 2. The highest BCUT2D eigenvalue weighted by Gasteiger charge is 2.06. The first-order valence-electron chi connectivity index (χ1n) is 4.95. The Morgan fingerprint density at radius 1 is 1.11 bits per heavy atom. The third-order valence-electron chi connectivity index (χ3n) is 2.17. The third kappa shape index (κ3) is 3.51. The second-order valence-corrected chi connectivity index (χ2v) is 5.48. The average molecular weight is 367 g/mol. The highest BCUT2D eigenvalue weighted by atomic mass is 79.9. The van der Waals surface area contributed by atoms with Crippen molar-refractivity contribution < 1.29 is 4.74 Å². The molecule has 6 heteroatoms. The van der Waals surface area contributed by atoms with Crippen molar-refractivity contribution >= 4 is 50.7 Å². The van der Waals surface area contributed by atoms with Gasteiger partial charge in [0, 0.05) is 10.6 Å². The Hall–Kier alpha value is -0.480. The van der Waals surface area contributed by atoms with Crippen LogP contribution in [0.4, 0.5) is 0 Å². The lowest BCUT2D eigenvalue weighted by Gasteiger charge is -2.09. The first-order chi connectivity index (χ1) is 8.56. The Labute approximate surface area is 128 Å². The van der Waals surface area contributed by atoms with Gasteiger partial charge in [-0.05, 0) is 46.3 Å². The summed E-state index contributed by atoms with van der Waals surface area (Å²) in [6.07, 6.45) is 0. The van der Waals surface area contributed by atoms with Crippen LogP contribution in [0.1, 0.15) is 5.56 Å². The normalized spacial score (nSPS) is 10.4. The molecule has 0 N–H and O–H groups in total. The van der Waals surface area contributed by atoms with Crippen LogP contribution in [0.15, 0.2) is 34.8 Å². The second-order valence-electron chi connectivity index (χ2n) is 3.45. The van der Waals surface area contributed by atoms with Crippen LogP contribution >= 0.6 is 50.7 Å². The molecular formula is C12H7BrCl3NO. The lowest BCUT2D eigenvalue weighted by Crippen LogP contribution is -1.98. The van der Waals surface area contributed by atoms with Crippen LogP contribution in [0, 0.1) is 0 Å². The van der Waals surface area contributed by atoms with E-state index >= 15 is 0 Å². The molecule has 2 nitrogen and oxygen atoms in total. The topological polar surface area (TPSA) is 22.1 Å². The predicted molar refractivity (Wildman–Crippen MR) is 77.7 cm³/mol. The van der Waals surface area contributed by atoms with E-state index in [1.165, 1.54) is 0 Å². The van der Waals surface area contributed by atoms with Crippen molar-refractivity contribution in [2.75, 3.05) is 0 Å². The monoisotopic (exact) mass is 365 g/mol. The average Bonchev–Trinajstić information content (AvgIpc) is 2.30. The van der Waals surface area contributed by atoms with Crippen LogP contribution in [0.5, 0.6) is 5.75 Å². The maximum atomic E-state index is 5.95. The molecule has 1 heterocycles. The standard InChI is InChI=1S/C12H7BrCl3NO/c13-9-5-8(14)2-3-10(9)18-6-7-1-4-11(15)17-12(7)16/h1-5H,6H2. The third-order valence-corrected chi connectivity index (χ3v) is 3.56. The fourth-order valence-electron chi connectivity index (χ4n) is 1.30. The number of benzene rings is 1. The Morgan fingerprint density at radius 2 is 1.89 bits per heavy atom. The highest BCUT2D eigenvalue weighted by Crippen LogP contribution is 2.29. The molecule has 0 aliphatic rings. The molecule has 94 valence electrons. The maximum Gasteiger partial charge on any atom is 0.137 e. The van der Waals surface area contributed by atoms with Gasteiger partial charge in [-0.25, -0.2) is 4.98 Å². The summed E-state index contributed by atoms with van der Waals surface area (Å²) in [4.78, 5) is 3.94. The van der Waals surface area contributed by atoms with Gasteiger partial charge in [0.1, 0.15) is 22.7 Å². The molecule has 0 radical (unpaired) electrons. The molecule has 1 aromatic carbocycles. The zero-order chi connectivity index (χ0) is 13.1. The number of pyridine rings is 1. The summed E-state index contributed by atoms with van der Waals surface area (Å²) in [6, 6.07) is 8.75. The van der Waals surface area contributed by atoms with Crippen molar-refractivity contribution in [1.82, 2.24) is 4.98 Å². The van der Waals surface area contributed by atoms with Gasteiger partial charge in [-0.2, -0.15) is 0 Å².